The molecule has 1 aromatic heterocycles. The number of hydrogen-bond acceptors (Lipinski definition) is 1. The molecule has 0 aliphatic rings. The molecule has 1 radical (unpaired) electrons. The molecule has 2 aromatic rings. The lowest BCUT2D eigenvalue weighted by Gasteiger charge is -1.99. The molecule has 0 unspecified atom stereocenters. The predicted molar refractivity (Wildman–Crippen MR) is 61.0 cm³/mol. The fourth-order valence-electron chi connectivity index (χ4n) is 1.69. The van der Waals surface area contributed by atoms with Crippen molar-refractivity contribution < 1.29 is 0 Å². The van der Waals surface area contributed by atoms with Gasteiger partial charge in [-0.1, -0.05) is 13.8 Å². The fraction of sp³-hybridized carbons (Fsp3) is 0.250. The maximum atomic E-state index is 5.72. The van der Waals surface area contributed by atoms with Crippen LogP contribution in [0.15, 0.2) is 24.3 Å². The molecule has 0 bridgehead atoms. The van der Waals surface area contributed by atoms with Crippen LogP contribution in [0.1, 0.15) is 19.5 Å². The van der Waals surface area contributed by atoms with Crippen molar-refractivity contribution in [3.05, 3.63) is 35.9 Å². The molecule has 0 saturated heterocycles. The van der Waals surface area contributed by atoms with Crippen LogP contribution in [0.25, 0.3) is 10.9 Å². The number of nitrogen functional groups attached to an aromatic ring is 1. The number of aromatic amines is 1. The van der Waals surface area contributed by atoms with Crippen LogP contribution in [-0.4, -0.2) is 4.98 Å². The van der Waals surface area contributed by atoms with Gasteiger partial charge in [0.15, 0.2) is 0 Å². The topological polar surface area (TPSA) is 41.8 Å². The second-order valence-corrected chi connectivity index (χ2v) is 4.03. The average Bonchev–Trinajstić information content (AvgIpc) is 2.44. The van der Waals surface area contributed by atoms with Crippen molar-refractivity contribution in [3.63, 3.8) is 0 Å². The van der Waals surface area contributed by atoms with Crippen molar-refractivity contribution in [2.75, 3.05) is 5.73 Å². The highest BCUT2D eigenvalue weighted by atomic mass is 14.7. The van der Waals surface area contributed by atoms with Crippen molar-refractivity contribution >= 4 is 16.6 Å². The molecule has 0 aliphatic heterocycles. The van der Waals surface area contributed by atoms with Gasteiger partial charge in [0.2, 0.25) is 0 Å². The van der Waals surface area contributed by atoms with Gasteiger partial charge in [-0.05, 0) is 36.6 Å². The largest absolute Gasteiger partial charge is 0.399 e. The highest BCUT2D eigenvalue weighted by Gasteiger charge is 2.03. The third-order valence-electron chi connectivity index (χ3n) is 2.24. The molecule has 14 heavy (non-hydrogen) atoms. The van der Waals surface area contributed by atoms with Crippen LogP contribution in [0, 0.1) is 5.92 Å². The SMILES string of the molecule is C[C](C)Cc1cc2cc(N)ccc2[nH]1. The van der Waals surface area contributed by atoms with E-state index in [0.717, 1.165) is 17.6 Å². The van der Waals surface area contributed by atoms with Gasteiger partial charge in [0.1, 0.15) is 0 Å². The number of anilines is 1. The molecule has 2 nitrogen and oxygen atoms in total. The molecular weight excluding hydrogens is 172 g/mol. The second-order valence-electron chi connectivity index (χ2n) is 4.03. The Morgan fingerprint density at radius 2 is 2.07 bits per heavy atom. The molecule has 73 valence electrons. The molecule has 1 heterocycles. The average molecular weight is 187 g/mol. The van der Waals surface area contributed by atoms with E-state index in [9.17, 15) is 0 Å². The Kier molecular flexibility index (Phi) is 2.20. The second kappa shape index (κ2) is 3.37. The van der Waals surface area contributed by atoms with Crippen LogP contribution in [0.3, 0.4) is 0 Å². The molecule has 0 amide bonds. The standard InChI is InChI=1S/C12H15N2/c1-8(2)5-11-7-9-6-10(13)3-4-12(9)14-11/h3-4,6-7,14H,5,13H2,1-2H3. The first kappa shape index (κ1) is 9.13. The zero-order chi connectivity index (χ0) is 10.1. The monoisotopic (exact) mass is 187 g/mol. The van der Waals surface area contributed by atoms with Crippen LogP contribution in [-0.2, 0) is 6.42 Å². The minimum Gasteiger partial charge on any atom is -0.399 e. The first-order valence-corrected chi connectivity index (χ1v) is 4.81. The van der Waals surface area contributed by atoms with Crippen molar-refractivity contribution in [1.82, 2.24) is 4.98 Å². The van der Waals surface area contributed by atoms with Crippen LogP contribution in [0.4, 0.5) is 5.69 Å². The normalized spacial score (nSPS) is 11.4. The fourth-order valence-corrected chi connectivity index (χ4v) is 1.69. The maximum absolute atomic E-state index is 5.72. The summed E-state index contributed by atoms with van der Waals surface area (Å²) in [5.74, 6) is 1.41. The number of H-pyrrole nitrogens is 1. The van der Waals surface area contributed by atoms with Gasteiger partial charge >= 0.3 is 0 Å². The van der Waals surface area contributed by atoms with Crippen molar-refractivity contribution in [1.29, 1.82) is 0 Å². The third kappa shape index (κ3) is 1.74. The van der Waals surface area contributed by atoms with Gasteiger partial charge in [0, 0.05) is 22.3 Å². The van der Waals surface area contributed by atoms with E-state index in [1.165, 1.54) is 17.0 Å². The van der Waals surface area contributed by atoms with Gasteiger partial charge in [0.05, 0.1) is 0 Å². The molecule has 0 atom stereocenters. The van der Waals surface area contributed by atoms with E-state index in [0.29, 0.717) is 0 Å². The molecule has 2 heteroatoms. The Hall–Kier alpha value is -1.44. The number of nitrogens with two attached hydrogens (primary N) is 1. The summed E-state index contributed by atoms with van der Waals surface area (Å²) >= 11 is 0. The number of benzene rings is 1. The van der Waals surface area contributed by atoms with E-state index in [-0.39, 0.29) is 0 Å². The van der Waals surface area contributed by atoms with Crippen LogP contribution in [0.2, 0.25) is 0 Å². The third-order valence-corrected chi connectivity index (χ3v) is 2.24. The molecule has 0 spiro atoms. The Bertz CT molecular complexity index is 441. The lowest BCUT2D eigenvalue weighted by molar-refractivity contribution is 0.931. The van der Waals surface area contributed by atoms with Crippen LogP contribution < -0.4 is 5.73 Å². The molecule has 3 N–H and O–H groups in total. The van der Waals surface area contributed by atoms with Gasteiger partial charge in [-0.15, -0.1) is 0 Å². The van der Waals surface area contributed by atoms with Crippen LogP contribution in [0.5, 0.6) is 0 Å². The van der Waals surface area contributed by atoms with Gasteiger partial charge in [0.25, 0.3) is 0 Å². The summed E-state index contributed by atoms with van der Waals surface area (Å²) in [5, 5.41) is 1.20. The molecular formula is C12H15N2. The van der Waals surface area contributed by atoms with Crippen molar-refractivity contribution in [2.24, 2.45) is 0 Å². The lowest BCUT2D eigenvalue weighted by Crippen LogP contribution is -1.90. The van der Waals surface area contributed by atoms with Gasteiger partial charge in [-0.25, -0.2) is 0 Å². The summed E-state index contributed by atoms with van der Waals surface area (Å²) in [6, 6.07) is 8.11. The quantitative estimate of drug-likeness (QED) is 0.697. The van der Waals surface area contributed by atoms with E-state index >= 15 is 0 Å². The van der Waals surface area contributed by atoms with Gasteiger partial charge in [-0.3, -0.25) is 0 Å². The van der Waals surface area contributed by atoms with Crippen molar-refractivity contribution in [3.8, 4) is 0 Å². The number of aromatic nitrogens is 1. The zero-order valence-corrected chi connectivity index (χ0v) is 8.59. The molecule has 1 aromatic carbocycles. The summed E-state index contributed by atoms with van der Waals surface area (Å²) in [6.07, 6.45) is 1.01. The van der Waals surface area contributed by atoms with Crippen LogP contribution >= 0.6 is 0 Å². The highest BCUT2D eigenvalue weighted by Crippen LogP contribution is 2.20. The van der Waals surface area contributed by atoms with Gasteiger partial charge < -0.3 is 10.7 Å². The molecule has 2 rings (SSSR count). The summed E-state index contributed by atoms with van der Waals surface area (Å²) in [7, 11) is 0. The van der Waals surface area contributed by atoms with E-state index in [4.69, 9.17) is 5.73 Å². The van der Waals surface area contributed by atoms with E-state index < -0.39 is 0 Å². The Balaban J connectivity index is 2.41. The Morgan fingerprint density at radius 1 is 1.29 bits per heavy atom. The molecule has 0 aliphatic carbocycles. The van der Waals surface area contributed by atoms with E-state index in [1.54, 1.807) is 0 Å². The maximum Gasteiger partial charge on any atom is 0.0457 e. The van der Waals surface area contributed by atoms with E-state index in [1.807, 2.05) is 18.2 Å². The number of nitrogens with one attached hydrogen (secondary N) is 1. The summed E-state index contributed by atoms with van der Waals surface area (Å²) < 4.78 is 0. The summed E-state index contributed by atoms with van der Waals surface area (Å²) in [5.41, 5.74) is 8.95. The first-order valence-electron chi connectivity index (χ1n) is 4.81. The highest BCUT2D eigenvalue weighted by molar-refractivity contribution is 5.83. The minimum atomic E-state index is 0.820. The number of fused-ring (bicyclic) bond motifs is 1. The number of hydrogen-bond donors (Lipinski definition) is 2. The molecule has 0 fully saturated rings. The zero-order valence-electron chi connectivity index (χ0n) is 8.59. The smallest absolute Gasteiger partial charge is 0.0457 e. The molecule has 0 saturated carbocycles. The first-order chi connectivity index (χ1) is 6.65. The Labute approximate surface area is 84.1 Å². The lowest BCUT2D eigenvalue weighted by atomic mass is 10.1. The van der Waals surface area contributed by atoms with E-state index in [2.05, 4.69) is 24.9 Å². The van der Waals surface area contributed by atoms with Crippen molar-refractivity contribution in [2.45, 2.75) is 20.3 Å². The Morgan fingerprint density at radius 3 is 2.79 bits per heavy atom. The minimum absolute atomic E-state index is 0.820. The summed E-state index contributed by atoms with van der Waals surface area (Å²) in [6.45, 7) is 4.28. The van der Waals surface area contributed by atoms with Gasteiger partial charge in [-0.2, -0.15) is 0 Å². The summed E-state index contributed by atoms with van der Waals surface area (Å²) in [4.78, 5) is 3.38. The number of rotatable bonds is 2. The predicted octanol–water partition coefficient (Wildman–Crippen LogP) is 2.91.